The lowest BCUT2D eigenvalue weighted by Crippen LogP contribution is -2.32. The fraction of sp³-hybridized carbons (Fsp3) is 0.115. The number of anilines is 2. The van der Waals surface area contributed by atoms with Gasteiger partial charge in [0.05, 0.1) is 16.3 Å². The molecule has 0 saturated heterocycles. The summed E-state index contributed by atoms with van der Waals surface area (Å²) in [6.07, 6.45) is 0. The fourth-order valence-corrected chi connectivity index (χ4v) is 4.30. The Morgan fingerprint density at radius 3 is 2.23 bits per heavy atom. The van der Waals surface area contributed by atoms with Crippen LogP contribution < -0.4 is 15.0 Å². The SMILES string of the molecule is Cc1cc(C)c(C)c(OC(=O)c2ccc(NC3=C(Cl)C(=O)N(c4ccc(Cl)cc4Cl)C3=O)cc2)c1. The number of rotatable bonds is 5. The number of hydrogen-bond donors (Lipinski definition) is 1. The number of hydrogen-bond acceptors (Lipinski definition) is 5. The molecule has 4 rings (SSSR count). The third kappa shape index (κ3) is 4.91. The van der Waals surface area contributed by atoms with Crippen molar-refractivity contribution in [2.24, 2.45) is 0 Å². The molecule has 6 nitrogen and oxygen atoms in total. The minimum absolute atomic E-state index is 0.108. The summed E-state index contributed by atoms with van der Waals surface area (Å²) in [6.45, 7) is 5.78. The topological polar surface area (TPSA) is 75.7 Å². The van der Waals surface area contributed by atoms with E-state index in [4.69, 9.17) is 39.5 Å². The van der Waals surface area contributed by atoms with Crippen LogP contribution in [0.25, 0.3) is 0 Å². The van der Waals surface area contributed by atoms with Crippen LogP contribution in [0.1, 0.15) is 27.0 Å². The number of imide groups is 1. The normalized spacial score (nSPS) is 13.5. The second-order valence-corrected chi connectivity index (χ2v) is 9.25. The third-order valence-corrected chi connectivity index (χ3v) is 6.42. The van der Waals surface area contributed by atoms with E-state index in [1.165, 1.54) is 18.2 Å². The number of aryl methyl sites for hydroxylation is 2. The van der Waals surface area contributed by atoms with Gasteiger partial charge in [0.2, 0.25) is 0 Å². The molecular weight excluding hydrogens is 511 g/mol. The van der Waals surface area contributed by atoms with Crippen LogP contribution in [-0.2, 0) is 9.59 Å². The zero-order chi connectivity index (χ0) is 25.4. The quantitative estimate of drug-likeness (QED) is 0.230. The highest BCUT2D eigenvalue weighted by molar-refractivity contribution is 6.53. The smallest absolute Gasteiger partial charge is 0.343 e. The van der Waals surface area contributed by atoms with Crippen molar-refractivity contribution in [3.63, 3.8) is 0 Å². The van der Waals surface area contributed by atoms with Gasteiger partial charge in [0.1, 0.15) is 16.5 Å². The van der Waals surface area contributed by atoms with Crippen LogP contribution in [0.5, 0.6) is 5.75 Å². The highest BCUT2D eigenvalue weighted by atomic mass is 35.5. The molecule has 0 fully saturated rings. The van der Waals surface area contributed by atoms with Crippen molar-refractivity contribution in [1.82, 2.24) is 0 Å². The van der Waals surface area contributed by atoms with Crippen molar-refractivity contribution in [3.05, 3.63) is 97.6 Å². The molecule has 0 bridgehead atoms. The second kappa shape index (κ2) is 9.74. The molecule has 1 heterocycles. The van der Waals surface area contributed by atoms with Crippen molar-refractivity contribution in [1.29, 1.82) is 0 Å². The molecule has 1 aliphatic rings. The number of carbonyl (C=O) groups is 3. The van der Waals surface area contributed by atoms with Gasteiger partial charge in [-0.3, -0.25) is 9.59 Å². The minimum atomic E-state index is -0.715. The van der Waals surface area contributed by atoms with Crippen LogP contribution in [0.3, 0.4) is 0 Å². The number of amides is 2. The van der Waals surface area contributed by atoms with Gasteiger partial charge in [-0.05, 0) is 86.0 Å². The third-order valence-electron chi connectivity index (χ3n) is 5.53. The lowest BCUT2D eigenvalue weighted by Gasteiger charge is -2.16. The Bertz CT molecular complexity index is 1410. The molecular formula is C26H19Cl3N2O4. The van der Waals surface area contributed by atoms with Gasteiger partial charge < -0.3 is 10.1 Å². The van der Waals surface area contributed by atoms with E-state index in [0.29, 0.717) is 22.0 Å². The van der Waals surface area contributed by atoms with Gasteiger partial charge in [0.25, 0.3) is 11.8 Å². The van der Waals surface area contributed by atoms with Crippen LogP contribution in [0.2, 0.25) is 10.0 Å². The van der Waals surface area contributed by atoms with Crippen LogP contribution in [0.4, 0.5) is 11.4 Å². The van der Waals surface area contributed by atoms with E-state index in [0.717, 1.165) is 21.6 Å². The first kappa shape index (κ1) is 24.8. The van der Waals surface area contributed by atoms with Crippen molar-refractivity contribution in [2.45, 2.75) is 20.8 Å². The van der Waals surface area contributed by atoms with E-state index in [1.54, 1.807) is 24.3 Å². The molecule has 9 heteroatoms. The summed E-state index contributed by atoms with van der Waals surface area (Å²) in [5, 5.41) is 3.07. The van der Waals surface area contributed by atoms with Crippen LogP contribution in [-0.4, -0.2) is 17.8 Å². The van der Waals surface area contributed by atoms with Gasteiger partial charge in [-0.2, -0.15) is 0 Å². The van der Waals surface area contributed by atoms with Gasteiger partial charge in [-0.1, -0.05) is 40.9 Å². The molecule has 1 aliphatic heterocycles. The van der Waals surface area contributed by atoms with Gasteiger partial charge >= 0.3 is 5.97 Å². The summed E-state index contributed by atoms with van der Waals surface area (Å²) >= 11 is 18.3. The average molecular weight is 530 g/mol. The first-order valence-corrected chi connectivity index (χ1v) is 11.6. The molecule has 0 aromatic heterocycles. The summed E-state index contributed by atoms with van der Waals surface area (Å²) in [5.74, 6) is -1.40. The Kier molecular flexibility index (Phi) is 6.90. The maximum Gasteiger partial charge on any atom is 0.343 e. The van der Waals surface area contributed by atoms with Crippen LogP contribution >= 0.6 is 34.8 Å². The zero-order valence-electron chi connectivity index (χ0n) is 18.9. The van der Waals surface area contributed by atoms with E-state index in [-0.39, 0.29) is 21.4 Å². The molecule has 1 N–H and O–H groups in total. The molecule has 3 aromatic rings. The predicted molar refractivity (Wildman–Crippen MR) is 138 cm³/mol. The molecule has 2 amide bonds. The summed E-state index contributed by atoms with van der Waals surface area (Å²) < 4.78 is 5.58. The lowest BCUT2D eigenvalue weighted by atomic mass is 10.1. The zero-order valence-corrected chi connectivity index (χ0v) is 21.2. The Morgan fingerprint density at radius 2 is 1.57 bits per heavy atom. The first-order chi connectivity index (χ1) is 16.6. The molecule has 0 aliphatic carbocycles. The van der Waals surface area contributed by atoms with Gasteiger partial charge in [-0.15, -0.1) is 0 Å². The van der Waals surface area contributed by atoms with E-state index in [9.17, 15) is 14.4 Å². The van der Waals surface area contributed by atoms with E-state index >= 15 is 0 Å². The van der Waals surface area contributed by atoms with E-state index < -0.39 is 17.8 Å². The maximum absolute atomic E-state index is 13.0. The number of ether oxygens (including phenoxy) is 1. The molecule has 35 heavy (non-hydrogen) atoms. The fourth-order valence-electron chi connectivity index (χ4n) is 3.59. The Morgan fingerprint density at radius 1 is 0.886 bits per heavy atom. The molecule has 0 unspecified atom stereocenters. The van der Waals surface area contributed by atoms with Gasteiger partial charge in [0.15, 0.2) is 0 Å². The molecule has 0 radical (unpaired) electrons. The summed E-state index contributed by atoms with van der Waals surface area (Å²) in [7, 11) is 0. The Balaban J connectivity index is 1.51. The molecule has 3 aromatic carbocycles. The molecule has 178 valence electrons. The number of benzene rings is 3. The van der Waals surface area contributed by atoms with Crippen molar-refractivity contribution in [3.8, 4) is 5.75 Å². The molecule has 0 spiro atoms. The summed E-state index contributed by atoms with van der Waals surface area (Å²) in [6, 6.07) is 14.5. The van der Waals surface area contributed by atoms with Crippen molar-refractivity contribution in [2.75, 3.05) is 10.2 Å². The van der Waals surface area contributed by atoms with Crippen molar-refractivity contribution < 1.29 is 19.1 Å². The Hall–Kier alpha value is -3.32. The molecule has 0 saturated carbocycles. The number of esters is 1. The maximum atomic E-state index is 13.0. The van der Waals surface area contributed by atoms with E-state index in [1.807, 2.05) is 32.9 Å². The lowest BCUT2D eigenvalue weighted by molar-refractivity contribution is -0.120. The average Bonchev–Trinajstić information content (AvgIpc) is 3.01. The molecule has 0 atom stereocenters. The summed E-state index contributed by atoms with van der Waals surface area (Å²) in [4.78, 5) is 39.2. The number of halogens is 3. The largest absolute Gasteiger partial charge is 0.423 e. The monoisotopic (exact) mass is 528 g/mol. The number of nitrogens with zero attached hydrogens (tertiary/aromatic N) is 1. The van der Waals surface area contributed by atoms with Crippen molar-refractivity contribution >= 4 is 64.0 Å². The number of carbonyl (C=O) groups excluding carboxylic acids is 3. The Labute approximate surface area is 217 Å². The van der Waals surface area contributed by atoms with E-state index in [2.05, 4.69) is 5.32 Å². The predicted octanol–water partition coefficient (Wildman–Crippen LogP) is 6.57. The number of nitrogens with one attached hydrogen (secondary N) is 1. The van der Waals surface area contributed by atoms with Gasteiger partial charge in [-0.25, -0.2) is 9.69 Å². The van der Waals surface area contributed by atoms with Crippen LogP contribution in [0, 0.1) is 20.8 Å². The highest BCUT2D eigenvalue weighted by Crippen LogP contribution is 2.35. The summed E-state index contributed by atoms with van der Waals surface area (Å²) in [5.41, 5.74) is 3.73. The second-order valence-electron chi connectivity index (χ2n) is 8.03. The first-order valence-electron chi connectivity index (χ1n) is 10.5. The van der Waals surface area contributed by atoms with Crippen LogP contribution in [0.15, 0.2) is 65.3 Å². The van der Waals surface area contributed by atoms with Gasteiger partial charge in [0, 0.05) is 10.7 Å². The minimum Gasteiger partial charge on any atom is -0.423 e. The highest BCUT2D eigenvalue weighted by Gasteiger charge is 2.39. The standard InChI is InChI=1S/C26H19Cl3N2O4/c1-13-10-14(2)15(3)21(11-13)35-26(34)16-4-7-18(8-5-16)30-23-22(29)24(32)31(25(23)33)20-9-6-17(27)12-19(20)28/h4-12,30H,1-3H3.